The number of hydrogen-bond donors (Lipinski definition) is 2. The third-order valence-electron chi connectivity index (χ3n) is 3.42. The first-order chi connectivity index (χ1) is 7.26. The van der Waals surface area contributed by atoms with Crippen molar-refractivity contribution in [2.45, 2.75) is 44.2 Å². The van der Waals surface area contributed by atoms with Crippen LogP contribution in [0.3, 0.4) is 0 Å². The highest BCUT2D eigenvalue weighted by atomic mass is 16.3. The third-order valence-corrected chi connectivity index (χ3v) is 3.42. The van der Waals surface area contributed by atoms with Crippen LogP contribution in [0.25, 0.3) is 0 Å². The summed E-state index contributed by atoms with van der Waals surface area (Å²) in [6.45, 7) is 0.512. The van der Waals surface area contributed by atoms with Crippen molar-refractivity contribution in [3.8, 4) is 0 Å². The molecule has 1 aromatic rings. The van der Waals surface area contributed by atoms with Gasteiger partial charge in [-0.25, -0.2) is 0 Å². The Kier molecular flexibility index (Phi) is 3.08. The van der Waals surface area contributed by atoms with Crippen LogP contribution in [-0.2, 0) is 12.1 Å². The molecule has 0 amide bonds. The van der Waals surface area contributed by atoms with E-state index in [1.54, 1.807) is 0 Å². The van der Waals surface area contributed by atoms with Gasteiger partial charge in [-0.05, 0) is 24.0 Å². The van der Waals surface area contributed by atoms with Crippen LogP contribution in [0.15, 0.2) is 24.3 Å². The Morgan fingerprint density at radius 3 is 2.47 bits per heavy atom. The second-order valence-corrected chi connectivity index (χ2v) is 4.45. The number of rotatable bonds is 2. The van der Waals surface area contributed by atoms with Crippen molar-refractivity contribution in [3.63, 3.8) is 0 Å². The average molecular weight is 205 g/mol. The topological polar surface area (TPSA) is 46.2 Å². The van der Waals surface area contributed by atoms with E-state index in [0.29, 0.717) is 6.54 Å². The van der Waals surface area contributed by atoms with E-state index in [1.165, 1.54) is 6.42 Å². The van der Waals surface area contributed by atoms with Gasteiger partial charge in [0.2, 0.25) is 0 Å². The highest BCUT2D eigenvalue weighted by Gasteiger charge is 2.32. The lowest BCUT2D eigenvalue weighted by molar-refractivity contribution is -0.00139. The van der Waals surface area contributed by atoms with Gasteiger partial charge < -0.3 is 10.8 Å². The molecule has 2 heteroatoms. The maximum Gasteiger partial charge on any atom is 0.0899 e. The molecule has 0 bridgehead atoms. The molecular weight excluding hydrogens is 186 g/mol. The SMILES string of the molecule is NCc1ccccc1C1(O)CCCCC1. The number of nitrogens with two attached hydrogens (primary N) is 1. The first-order valence-corrected chi connectivity index (χ1v) is 5.77. The van der Waals surface area contributed by atoms with Gasteiger partial charge >= 0.3 is 0 Å². The number of aliphatic hydroxyl groups is 1. The summed E-state index contributed by atoms with van der Waals surface area (Å²) in [6, 6.07) is 8.01. The third kappa shape index (κ3) is 2.06. The smallest absolute Gasteiger partial charge is 0.0899 e. The molecule has 0 heterocycles. The highest BCUT2D eigenvalue weighted by Crippen LogP contribution is 2.38. The average Bonchev–Trinajstić information content (AvgIpc) is 2.30. The van der Waals surface area contributed by atoms with Crippen LogP contribution >= 0.6 is 0 Å². The van der Waals surface area contributed by atoms with Gasteiger partial charge in [-0.15, -0.1) is 0 Å². The van der Waals surface area contributed by atoms with Crippen LogP contribution in [0.5, 0.6) is 0 Å². The molecule has 2 nitrogen and oxygen atoms in total. The van der Waals surface area contributed by atoms with Gasteiger partial charge in [0.25, 0.3) is 0 Å². The lowest BCUT2D eigenvalue weighted by Gasteiger charge is -2.34. The predicted octanol–water partition coefficient (Wildman–Crippen LogP) is 2.30. The van der Waals surface area contributed by atoms with E-state index >= 15 is 0 Å². The lowest BCUT2D eigenvalue weighted by Crippen LogP contribution is -2.30. The Morgan fingerprint density at radius 2 is 1.80 bits per heavy atom. The van der Waals surface area contributed by atoms with Crippen molar-refractivity contribution in [1.82, 2.24) is 0 Å². The van der Waals surface area contributed by atoms with Gasteiger partial charge in [-0.2, -0.15) is 0 Å². The quantitative estimate of drug-likeness (QED) is 0.778. The van der Waals surface area contributed by atoms with E-state index < -0.39 is 5.60 Å². The summed E-state index contributed by atoms with van der Waals surface area (Å²) in [5, 5.41) is 10.6. The van der Waals surface area contributed by atoms with Crippen molar-refractivity contribution < 1.29 is 5.11 Å². The minimum absolute atomic E-state index is 0.512. The minimum atomic E-state index is -0.617. The summed E-state index contributed by atoms with van der Waals surface area (Å²) in [4.78, 5) is 0. The molecule has 1 aromatic carbocycles. The maximum atomic E-state index is 10.6. The molecule has 1 fully saturated rings. The minimum Gasteiger partial charge on any atom is -0.385 e. The van der Waals surface area contributed by atoms with Crippen LogP contribution < -0.4 is 5.73 Å². The molecule has 2 rings (SSSR count). The standard InChI is InChI=1S/C13H19NO/c14-10-11-6-2-3-7-12(11)13(15)8-4-1-5-9-13/h2-3,6-7,15H,1,4-5,8-10,14H2. The molecule has 0 spiro atoms. The number of benzene rings is 1. The molecule has 1 aliphatic rings. The van der Waals surface area contributed by atoms with Gasteiger partial charge in [-0.1, -0.05) is 43.5 Å². The first-order valence-electron chi connectivity index (χ1n) is 5.77. The normalized spacial score (nSPS) is 20.1. The summed E-state index contributed by atoms with van der Waals surface area (Å²) in [7, 11) is 0. The van der Waals surface area contributed by atoms with E-state index in [2.05, 4.69) is 0 Å². The first kappa shape index (κ1) is 10.7. The molecule has 0 radical (unpaired) electrons. The largest absolute Gasteiger partial charge is 0.385 e. The Hall–Kier alpha value is -0.860. The second kappa shape index (κ2) is 4.33. The summed E-state index contributed by atoms with van der Waals surface area (Å²) >= 11 is 0. The maximum absolute atomic E-state index is 10.6. The van der Waals surface area contributed by atoms with E-state index in [9.17, 15) is 5.11 Å². The summed E-state index contributed by atoms with van der Waals surface area (Å²) in [6.07, 6.45) is 5.24. The van der Waals surface area contributed by atoms with Gasteiger partial charge in [-0.3, -0.25) is 0 Å². The zero-order valence-electron chi connectivity index (χ0n) is 9.08. The molecule has 0 aromatic heterocycles. The fourth-order valence-corrected chi connectivity index (χ4v) is 2.56. The molecule has 3 N–H and O–H groups in total. The van der Waals surface area contributed by atoms with E-state index in [-0.39, 0.29) is 0 Å². The summed E-state index contributed by atoms with van der Waals surface area (Å²) < 4.78 is 0. The van der Waals surface area contributed by atoms with Crippen LogP contribution in [0.4, 0.5) is 0 Å². The Morgan fingerprint density at radius 1 is 1.13 bits per heavy atom. The highest BCUT2D eigenvalue weighted by molar-refractivity contribution is 5.32. The Labute approximate surface area is 91.1 Å². The lowest BCUT2D eigenvalue weighted by atomic mass is 9.78. The molecule has 0 unspecified atom stereocenters. The molecule has 0 aliphatic heterocycles. The monoisotopic (exact) mass is 205 g/mol. The second-order valence-electron chi connectivity index (χ2n) is 4.45. The van der Waals surface area contributed by atoms with Crippen molar-refractivity contribution in [2.24, 2.45) is 5.73 Å². The van der Waals surface area contributed by atoms with Crippen LogP contribution in [0, 0.1) is 0 Å². The van der Waals surface area contributed by atoms with Crippen molar-refractivity contribution in [2.75, 3.05) is 0 Å². The predicted molar refractivity (Wildman–Crippen MR) is 61.3 cm³/mol. The molecule has 0 saturated heterocycles. The molecule has 0 atom stereocenters. The van der Waals surface area contributed by atoms with E-state index in [0.717, 1.165) is 36.8 Å². The van der Waals surface area contributed by atoms with Gasteiger partial charge in [0.05, 0.1) is 5.60 Å². The van der Waals surface area contributed by atoms with Gasteiger partial charge in [0.15, 0.2) is 0 Å². The molecule has 1 saturated carbocycles. The molecular formula is C13H19NO. The zero-order valence-corrected chi connectivity index (χ0v) is 9.08. The van der Waals surface area contributed by atoms with Gasteiger partial charge in [0.1, 0.15) is 0 Å². The van der Waals surface area contributed by atoms with E-state index in [1.807, 2.05) is 24.3 Å². The molecule has 82 valence electrons. The summed E-state index contributed by atoms with van der Waals surface area (Å²) in [5.41, 5.74) is 7.22. The Balaban J connectivity index is 2.34. The zero-order chi connectivity index (χ0) is 10.7. The van der Waals surface area contributed by atoms with Crippen molar-refractivity contribution in [1.29, 1.82) is 0 Å². The van der Waals surface area contributed by atoms with Crippen LogP contribution in [-0.4, -0.2) is 5.11 Å². The fourth-order valence-electron chi connectivity index (χ4n) is 2.56. The molecule has 15 heavy (non-hydrogen) atoms. The van der Waals surface area contributed by atoms with Crippen molar-refractivity contribution in [3.05, 3.63) is 35.4 Å². The number of hydrogen-bond acceptors (Lipinski definition) is 2. The van der Waals surface area contributed by atoms with E-state index in [4.69, 9.17) is 5.73 Å². The molecule has 1 aliphatic carbocycles. The van der Waals surface area contributed by atoms with Crippen LogP contribution in [0.1, 0.15) is 43.2 Å². The van der Waals surface area contributed by atoms with Crippen LogP contribution in [0.2, 0.25) is 0 Å². The van der Waals surface area contributed by atoms with Gasteiger partial charge in [0, 0.05) is 6.54 Å². The van der Waals surface area contributed by atoms with Crippen molar-refractivity contribution >= 4 is 0 Å². The fraction of sp³-hybridized carbons (Fsp3) is 0.538. The summed E-state index contributed by atoms with van der Waals surface area (Å²) in [5.74, 6) is 0. The Bertz CT molecular complexity index is 329.